The molecule has 29 heavy (non-hydrogen) atoms. The van der Waals surface area contributed by atoms with E-state index in [-0.39, 0.29) is 18.0 Å². The number of carbonyl (C=O) groups is 1. The van der Waals surface area contributed by atoms with E-state index in [4.69, 9.17) is 14.5 Å². The molecule has 0 radical (unpaired) electrons. The minimum atomic E-state index is -0.292. The summed E-state index contributed by atoms with van der Waals surface area (Å²) in [7, 11) is 0. The molecule has 2 heterocycles. The molecule has 146 valence electrons. The van der Waals surface area contributed by atoms with Gasteiger partial charge in [0.25, 0.3) is 0 Å². The summed E-state index contributed by atoms with van der Waals surface area (Å²) < 4.78 is 10.7. The van der Waals surface area contributed by atoms with Crippen LogP contribution in [0, 0.1) is 0 Å². The van der Waals surface area contributed by atoms with Gasteiger partial charge in [0.2, 0.25) is 12.7 Å². The van der Waals surface area contributed by atoms with Crippen molar-refractivity contribution >= 4 is 45.0 Å². The highest BCUT2D eigenvalue weighted by atomic mass is 32.2. The van der Waals surface area contributed by atoms with Crippen LogP contribution in [-0.4, -0.2) is 23.1 Å². The molecule has 0 aliphatic carbocycles. The zero-order valence-corrected chi connectivity index (χ0v) is 16.6. The number of anilines is 1. The van der Waals surface area contributed by atoms with Crippen molar-refractivity contribution in [3.63, 3.8) is 0 Å². The molecule has 7 heteroatoms. The Labute approximate surface area is 172 Å². The molecule has 0 saturated carbocycles. The molecule has 3 aromatic rings. The summed E-state index contributed by atoms with van der Waals surface area (Å²) in [5.74, 6) is 1.41. The highest BCUT2D eigenvalue weighted by Gasteiger charge is 2.21. The van der Waals surface area contributed by atoms with Crippen molar-refractivity contribution < 1.29 is 14.3 Å². The van der Waals surface area contributed by atoms with Crippen LogP contribution in [0.15, 0.2) is 59.6 Å². The third-order valence-electron chi connectivity index (χ3n) is 4.91. The van der Waals surface area contributed by atoms with Crippen molar-refractivity contribution in [1.29, 1.82) is 0 Å². The maximum absolute atomic E-state index is 12.6. The first-order valence-corrected chi connectivity index (χ1v) is 10.3. The number of thioether (sulfide) groups is 1. The maximum atomic E-state index is 12.6. The number of benzene rings is 3. The summed E-state index contributed by atoms with van der Waals surface area (Å²) in [6, 6.07) is 17.9. The molecule has 1 atom stereocenters. The molecule has 0 spiro atoms. The molecule has 0 fully saturated rings. The summed E-state index contributed by atoms with van der Waals surface area (Å²) in [6.45, 7) is 2.55. The number of aliphatic imine (C=N–C) groups is 1. The van der Waals surface area contributed by atoms with Gasteiger partial charge in [-0.15, -0.1) is 0 Å². The molecule has 2 N–H and O–H groups in total. The standard InChI is InChI=1S/C22H19N3O3S/c1-13(21(26)23-11-14-8-9-18-19(10-14)28-12-27-18)29-22-24-16-6-2-4-15-5-3-7-17(25-22)20(15)16/h2-10,13H,11-12H2,1H3,(H,23,26)(H,24,25)/t13-/m1/s1. The van der Waals surface area contributed by atoms with Gasteiger partial charge in [-0.3, -0.25) is 4.79 Å². The lowest BCUT2D eigenvalue weighted by atomic mass is 10.1. The molecule has 3 aromatic carbocycles. The minimum absolute atomic E-state index is 0.0470. The third kappa shape index (κ3) is 3.49. The lowest BCUT2D eigenvalue weighted by Gasteiger charge is -2.20. The van der Waals surface area contributed by atoms with Gasteiger partial charge in [-0.1, -0.05) is 42.1 Å². The number of nitrogens with one attached hydrogen (secondary N) is 2. The van der Waals surface area contributed by atoms with Gasteiger partial charge < -0.3 is 20.1 Å². The SMILES string of the molecule is C[C@@H](SC1=Nc2cccc3cccc(c23)N1)C(=O)NCc1ccc2c(c1)OCO2. The average molecular weight is 405 g/mol. The largest absolute Gasteiger partial charge is 0.454 e. The van der Waals surface area contributed by atoms with E-state index in [1.807, 2.05) is 49.4 Å². The Morgan fingerprint density at radius 1 is 1.17 bits per heavy atom. The van der Waals surface area contributed by atoms with Crippen molar-refractivity contribution in [2.24, 2.45) is 4.99 Å². The van der Waals surface area contributed by atoms with Gasteiger partial charge in [0.05, 0.1) is 16.6 Å². The van der Waals surface area contributed by atoms with Crippen LogP contribution in [0.1, 0.15) is 12.5 Å². The summed E-state index contributed by atoms with van der Waals surface area (Å²) in [5.41, 5.74) is 2.91. The van der Waals surface area contributed by atoms with Gasteiger partial charge >= 0.3 is 0 Å². The molecule has 0 aromatic heterocycles. The molecule has 0 bridgehead atoms. The summed E-state index contributed by atoms with van der Waals surface area (Å²) >= 11 is 1.41. The first-order valence-electron chi connectivity index (χ1n) is 9.38. The third-order valence-corrected chi connectivity index (χ3v) is 5.89. The summed E-state index contributed by atoms with van der Waals surface area (Å²) in [6.07, 6.45) is 0. The lowest BCUT2D eigenvalue weighted by molar-refractivity contribution is -0.120. The molecule has 0 saturated heterocycles. The second kappa shape index (κ2) is 7.33. The number of hydrogen-bond donors (Lipinski definition) is 2. The van der Waals surface area contributed by atoms with Crippen LogP contribution in [0.5, 0.6) is 11.5 Å². The first-order chi connectivity index (χ1) is 14.2. The number of hydrogen-bond acceptors (Lipinski definition) is 6. The second-order valence-corrected chi connectivity index (χ2v) is 8.22. The van der Waals surface area contributed by atoms with E-state index in [9.17, 15) is 4.79 Å². The number of carbonyl (C=O) groups excluding carboxylic acids is 1. The van der Waals surface area contributed by atoms with Crippen LogP contribution in [0.2, 0.25) is 0 Å². The zero-order valence-electron chi connectivity index (χ0n) is 15.8. The molecular weight excluding hydrogens is 386 g/mol. The van der Waals surface area contributed by atoms with Crippen molar-refractivity contribution in [2.75, 3.05) is 12.1 Å². The molecule has 5 rings (SSSR count). The van der Waals surface area contributed by atoms with E-state index in [1.165, 1.54) is 11.8 Å². The Hall–Kier alpha value is -3.19. The molecule has 0 unspecified atom stereocenters. The van der Waals surface area contributed by atoms with Crippen LogP contribution in [0.25, 0.3) is 10.8 Å². The van der Waals surface area contributed by atoms with E-state index in [0.717, 1.165) is 38.6 Å². The summed E-state index contributed by atoms with van der Waals surface area (Å²) in [4.78, 5) is 17.3. The van der Waals surface area contributed by atoms with E-state index < -0.39 is 0 Å². The van der Waals surface area contributed by atoms with Gasteiger partial charge in [0.1, 0.15) is 0 Å². The second-order valence-electron chi connectivity index (χ2n) is 6.89. The Morgan fingerprint density at radius 2 is 2.00 bits per heavy atom. The summed E-state index contributed by atoms with van der Waals surface area (Å²) in [5, 5.41) is 9.02. The van der Waals surface area contributed by atoms with E-state index in [2.05, 4.69) is 22.8 Å². The molecule has 6 nitrogen and oxygen atoms in total. The molecule has 2 aliphatic heterocycles. The van der Waals surface area contributed by atoms with Gasteiger partial charge in [-0.05, 0) is 42.1 Å². The van der Waals surface area contributed by atoms with Crippen molar-refractivity contribution in [3.05, 3.63) is 60.2 Å². The number of fused-ring (bicyclic) bond motifs is 1. The predicted octanol–water partition coefficient (Wildman–Crippen LogP) is 4.42. The van der Waals surface area contributed by atoms with Gasteiger partial charge in [-0.2, -0.15) is 0 Å². The van der Waals surface area contributed by atoms with Crippen LogP contribution in [-0.2, 0) is 11.3 Å². The minimum Gasteiger partial charge on any atom is -0.454 e. The number of nitrogens with zero attached hydrogens (tertiary/aromatic N) is 1. The zero-order chi connectivity index (χ0) is 19.8. The number of ether oxygens (including phenoxy) is 2. The van der Waals surface area contributed by atoms with E-state index >= 15 is 0 Å². The fourth-order valence-corrected chi connectivity index (χ4v) is 4.28. The topological polar surface area (TPSA) is 72.0 Å². The van der Waals surface area contributed by atoms with Crippen LogP contribution in [0.3, 0.4) is 0 Å². The van der Waals surface area contributed by atoms with Crippen LogP contribution < -0.4 is 20.1 Å². The quantitative estimate of drug-likeness (QED) is 0.672. The van der Waals surface area contributed by atoms with E-state index in [0.29, 0.717) is 12.3 Å². The Balaban J connectivity index is 1.24. The first kappa shape index (κ1) is 17.9. The normalized spacial score (nSPS) is 14.9. The van der Waals surface area contributed by atoms with Gasteiger partial charge in [0.15, 0.2) is 16.7 Å². The Morgan fingerprint density at radius 3 is 2.90 bits per heavy atom. The number of amidine groups is 1. The van der Waals surface area contributed by atoms with Crippen LogP contribution in [0.4, 0.5) is 11.4 Å². The maximum Gasteiger partial charge on any atom is 0.233 e. The average Bonchev–Trinajstić information content (AvgIpc) is 3.20. The number of amides is 1. The van der Waals surface area contributed by atoms with Gasteiger partial charge in [0, 0.05) is 11.9 Å². The molecule has 1 amide bonds. The fourth-order valence-electron chi connectivity index (χ4n) is 3.43. The molecular formula is C22H19N3O3S. The van der Waals surface area contributed by atoms with Crippen LogP contribution >= 0.6 is 11.8 Å². The van der Waals surface area contributed by atoms with E-state index in [1.54, 1.807) is 0 Å². The smallest absolute Gasteiger partial charge is 0.233 e. The van der Waals surface area contributed by atoms with Crippen molar-refractivity contribution in [3.8, 4) is 11.5 Å². The lowest BCUT2D eigenvalue weighted by Crippen LogP contribution is -2.32. The number of rotatable bonds is 4. The van der Waals surface area contributed by atoms with Crippen molar-refractivity contribution in [1.82, 2.24) is 5.32 Å². The highest BCUT2D eigenvalue weighted by molar-refractivity contribution is 8.15. The molecule has 2 aliphatic rings. The fraction of sp³-hybridized carbons (Fsp3) is 0.182. The van der Waals surface area contributed by atoms with Gasteiger partial charge in [-0.25, -0.2) is 4.99 Å². The predicted molar refractivity (Wildman–Crippen MR) is 116 cm³/mol. The monoisotopic (exact) mass is 405 g/mol. The Bertz CT molecular complexity index is 1140. The highest BCUT2D eigenvalue weighted by Crippen LogP contribution is 2.37. The Kier molecular flexibility index (Phi) is 4.52. The van der Waals surface area contributed by atoms with Crippen molar-refractivity contribution in [2.45, 2.75) is 18.7 Å².